The highest BCUT2D eigenvalue weighted by Crippen LogP contribution is 2.19. The highest BCUT2D eigenvalue weighted by molar-refractivity contribution is 5.95. The standard InChI is InChI=1S/C22H19FN4O/c23-17-7-5-15(6-8-17)12-24-18-9-10-21(26-14-18)27-22(28)11-16-13-25-20-4-2-1-3-19(16)20/h1-10,13-14,24-25H,11-12H2,(H,26,27,28). The average Bonchev–Trinajstić information content (AvgIpc) is 3.11. The number of anilines is 2. The maximum absolute atomic E-state index is 12.9. The summed E-state index contributed by atoms with van der Waals surface area (Å²) < 4.78 is 12.9. The van der Waals surface area contributed by atoms with Crippen LogP contribution in [0.15, 0.2) is 73.1 Å². The van der Waals surface area contributed by atoms with Gasteiger partial charge in [0, 0.05) is 23.6 Å². The summed E-state index contributed by atoms with van der Waals surface area (Å²) in [4.78, 5) is 19.8. The fourth-order valence-electron chi connectivity index (χ4n) is 3.02. The van der Waals surface area contributed by atoms with Gasteiger partial charge in [-0.1, -0.05) is 30.3 Å². The van der Waals surface area contributed by atoms with Crippen LogP contribution in [-0.4, -0.2) is 15.9 Å². The minimum absolute atomic E-state index is 0.121. The molecule has 4 aromatic rings. The van der Waals surface area contributed by atoms with E-state index in [0.29, 0.717) is 12.4 Å². The Morgan fingerprint density at radius 3 is 2.64 bits per heavy atom. The van der Waals surface area contributed by atoms with Crippen LogP contribution in [0.2, 0.25) is 0 Å². The quantitative estimate of drug-likeness (QED) is 0.466. The first-order chi connectivity index (χ1) is 13.7. The van der Waals surface area contributed by atoms with Gasteiger partial charge in [0.2, 0.25) is 5.91 Å². The number of para-hydroxylation sites is 1. The van der Waals surface area contributed by atoms with Crippen molar-refractivity contribution < 1.29 is 9.18 Å². The van der Waals surface area contributed by atoms with Gasteiger partial charge in [-0.25, -0.2) is 9.37 Å². The number of rotatable bonds is 6. The summed E-state index contributed by atoms with van der Waals surface area (Å²) in [6.07, 6.45) is 3.79. The van der Waals surface area contributed by atoms with E-state index in [1.54, 1.807) is 24.4 Å². The molecule has 0 spiro atoms. The van der Waals surface area contributed by atoms with Gasteiger partial charge in [0.15, 0.2) is 0 Å². The van der Waals surface area contributed by atoms with Gasteiger partial charge in [-0.05, 0) is 41.5 Å². The lowest BCUT2D eigenvalue weighted by molar-refractivity contribution is -0.115. The molecule has 0 unspecified atom stereocenters. The molecule has 0 bridgehead atoms. The largest absolute Gasteiger partial charge is 0.380 e. The number of aromatic amines is 1. The minimum atomic E-state index is -0.252. The number of nitrogens with one attached hydrogen (secondary N) is 3. The maximum atomic E-state index is 12.9. The average molecular weight is 374 g/mol. The van der Waals surface area contributed by atoms with Crippen molar-refractivity contribution in [1.82, 2.24) is 9.97 Å². The predicted molar refractivity (Wildman–Crippen MR) is 109 cm³/mol. The van der Waals surface area contributed by atoms with E-state index < -0.39 is 0 Å². The second-order valence-corrected chi connectivity index (χ2v) is 6.50. The van der Waals surface area contributed by atoms with Crippen molar-refractivity contribution in [2.75, 3.05) is 10.6 Å². The summed E-state index contributed by atoms with van der Waals surface area (Å²) in [6, 6.07) is 17.8. The number of halogens is 1. The summed E-state index contributed by atoms with van der Waals surface area (Å²) in [7, 11) is 0. The number of amides is 1. The molecule has 0 saturated heterocycles. The normalized spacial score (nSPS) is 10.8. The van der Waals surface area contributed by atoms with Gasteiger partial charge in [0.25, 0.3) is 0 Å². The first-order valence-electron chi connectivity index (χ1n) is 8.96. The Labute approximate surface area is 161 Å². The van der Waals surface area contributed by atoms with Crippen LogP contribution in [0.1, 0.15) is 11.1 Å². The molecule has 5 nitrogen and oxygen atoms in total. The monoisotopic (exact) mass is 374 g/mol. The fraction of sp³-hybridized carbons (Fsp3) is 0.0909. The Morgan fingerprint density at radius 2 is 1.86 bits per heavy atom. The van der Waals surface area contributed by atoms with E-state index in [2.05, 4.69) is 20.6 Å². The number of carbonyl (C=O) groups is 1. The Hall–Kier alpha value is -3.67. The first-order valence-corrected chi connectivity index (χ1v) is 8.96. The van der Waals surface area contributed by atoms with Gasteiger partial charge < -0.3 is 15.6 Å². The van der Waals surface area contributed by atoms with E-state index in [0.717, 1.165) is 27.7 Å². The molecule has 0 saturated carbocycles. The lowest BCUT2D eigenvalue weighted by Gasteiger charge is -2.08. The number of hydrogen-bond donors (Lipinski definition) is 3. The second kappa shape index (κ2) is 7.92. The van der Waals surface area contributed by atoms with Gasteiger partial charge in [-0.2, -0.15) is 0 Å². The summed E-state index contributed by atoms with van der Waals surface area (Å²) >= 11 is 0. The number of carbonyl (C=O) groups excluding carboxylic acids is 1. The van der Waals surface area contributed by atoms with Crippen LogP contribution >= 0.6 is 0 Å². The minimum Gasteiger partial charge on any atom is -0.380 e. The van der Waals surface area contributed by atoms with Crippen molar-refractivity contribution >= 4 is 28.3 Å². The molecular formula is C22H19FN4O. The molecule has 2 aromatic heterocycles. The van der Waals surface area contributed by atoms with E-state index >= 15 is 0 Å². The topological polar surface area (TPSA) is 69.8 Å². The fourth-order valence-corrected chi connectivity index (χ4v) is 3.02. The van der Waals surface area contributed by atoms with Gasteiger partial charge >= 0.3 is 0 Å². The molecule has 0 atom stereocenters. The van der Waals surface area contributed by atoms with Crippen LogP contribution in [0, 0.1) is 5.82 Å². The van der Waals surface area contributed by atoms with Gasteiger partial charge in [0.05, 0.1) is 18.3 Å². The maximum Gasteiger partial charge on any atom is 0.230 e. The van der Waals surface area contributed by atoms with Crippen molar-refractivity contribution in [3.05, 3.63) is 90.0 Å². The van der Waals surface area contributed by atoms with E-state index in [1.165, 1.54) is 12.1 Å². The first kappa shape index (κ1) is 17.7. The lowest BCUT2D eigenvalue weighted by atomic mass is 10.1. The number of nitrogens with zero attached hydrogens (tertiary/aromatic N) is 1. The van der Waals surface area contributed by atoms with Crippen molar-refractivity contribution in [2.45, 2.75) is 13.0 Å². The van der Waals surface area contributed by atoms with Gasteiger partial charge in [0.1, 0.15) is 11.6 Å². The van der Waals surface area contributed by atoms with Gasteiger partial charge in [-0.15, -0.1) is 0 Å². The van der Waals surface area contributed by atoms with Crippen LogP contribution in [0.5, 0.6) is 0 Å². The summed E-state index contributed by atoms with van der Waals surface area (Å²) in [5, 5.41) is 7.08. The van der Waals surface area contributed by atoms with Crippen molar-refractivity contribution in [3.63, 3.8) is 0 Å². The van der Waals surface area contributed by atoms with Crippen LogP contribution in [0.4, 0.5) is 15.9 Å². The Balaban J connectivity index is 1.33. The molecule has 4 rings (SSSR count). The number of fused-ring (bicyclic) bond motifs is 1. The van der Waals surface area contributed by atoms with E-state index in [1.807, 2.05) is 36.5 Å². The third kappa shape index (κ3) is 4.17. The highest BCUT2D eigenvalue weighted by atomic mass is 19.1. The van der Waals surface area contributed by atoms with Crippen LogP contribution < -0.4 is 10.6 Å². The molecule has 0 radical (unpaired) electrons. The summed E-state index contributed by atoms with van der Waals surface area (Å²) in [6.45, 7) is 0.564. The van der Waals surface area contributed by atoms with E-state index in [9.17, 15) is 9.18 Å². The van der Waals surface area contributed by atoms with E-state index in [4.69, 9.17) is 0 Å². The molecule has 0 aliphatic rings. The molecule has 2 aromatic carbocycles. The molecule has 28 heavy (non-hydrogen) atoms. The third-order valence-electron chi connectivity index (χ3n) is 4.47. The molecule has 3 N–H and O–H groups in total. The van der Waals surface area contributed by atoms with Crippen LogP contribution in [0.25, 0.3) is 10.9 Å². The van der Waals surface area contributed by atoms with Crippen molar-refractivity contribution in [3.8, 4) is 0 Å². The SMILES string of the molecule is O=C(Cc1c[nH]c2ccccc12)Nc1ccc(NCc2ccc(F)cc2)cn1. The summed E-state index contributed by atoms with van der Waals surface area (Å²) in [5.41, 5.74) is 3.75. The molecule has 2 heterocycles. The molecule has 0 fully saturated rings. The number of aromatic nitrogens is 2. The number of H-pyrrole nitrogens is 1. The lowest BCUT2D eigenvalue weighted by Crippen LogP contribution is -2.15. The second-order valence-electron chi connectivity index (χ2n) is 6.50. The highest BCUT2D eigenvalue weighted by Gasteiger charge is 2.09. The zero-order valence-electron chi connectivity index (χ0n) is 15.1. The van der Waals surface area contributed by atoms with Crippen LogP contribution in [-0.2, 0) is 17.8 Å². The zero-order valence-corrected chi connectivity index (χ0v) is 15.1. The molecule has 0 aliphatic carbocycles. The number of hydrogen-bond acceptors (Lipinski definition) is 3. The molecular weight excluding hydrogens is 355 g/mol. The van der Waals surface area contributed by atoms with Crippen LogP contribution in [0.3, 0.4) is 0 Å². The number of benzene rings is 2. The Morgan fingerprint density at radius 1 is 1.04 bits per heavy atom. The molecule has 6 heteroatoms. The molecule has 0 aliphatic heterocycles. The van der Waals surface area contributed by atoms with Crippen molar-refractivity contribution in [2.24, 2.45) is 0 Å². The molecule has 140 valence electrons. The smallest absolute Gasteiger partial charge is 0.230 e. The predicted octanol–water partition coefficient (Wildman–Crippen LogP) is 4.50. The van der Waals surface area contributed by atoms with Gasteiger partial charge in [-0.3, -0.25) is 4.79 Å². The Bertz CT molecular complexity index is 1090. The number of pyridine rings is 1. The van der Waals surface area contributed by atoms with Crippen molar-refractivity contribution in [1.29, 1.82) is 0 Å². The zero-order chi connectivity index (χ0) is 19.3. The summed E-state index contributed by atoms with van der Waals surface area (Å²) in [5.74, 6) is 0.125. The Kier molecular flexibility index (Phi) is 5.01. The third-order valence-corrected chi connectivity index (χ3v) is 4.47. The van der Waals surface area contributed by atoms with E-state index in [-0.39, 0.29) is 18.1 Å². The molecule has 1 amide bonds.